The summed E-state index contributed by atoms with van der Waals surface area (Å²) in [6.07, 6.45) is 0. The first-order valence-electron chi connectivity index (χ1n) is 6.06. The van der Waals surface area contributed by atoms with Gasteiger partial charge < -0.3 is 5.11 Å². The van der Waals surface area contributed by atoms with Gasteiger partial charge in [0.1, 0.15) is 11.4 Å². The first-order valence-corrected chi connectivity index (χ1v) is 6.06. The molecular weight excluding hydrogens is 239 g/mol. The second kappa shape index (κ2) is 5.26. The Kier molecular flexibility index (Phi) is 3.69. The molecule has 19 heavy (non-hydrogen) atoms. The monoisotopic (exact) mass is 254 g/mol. The zero-order chi connectivity index (χ0) is 13.9. The molecule has 0 fully saturated rings. The van der Waals surface area contributed by atoms with Crippen molar-refractivity contribution in [2.24, 2.45) is 0 Å². The van der Waals surface area contributed by atoms with E-state index < -0.39 is 5.60 Å². The summed E-state index contributed by atoms with van der Waals surface area (Å²) in [4.78, 5) is 0. The van der Waals surface area contributed by atoms with Crippen molar-refractivity contribution < 1.29 is 9.50 Å². The molecule has 0 heterocycles. The van der Waals surface area contributed by atoms with E-state index in [-0.39, 0.29) is 5.82 Å². The van der Waals surface area contributed by atoms with Crippen LogP contribution in [-0.2, 0) is 5.60 Å². The van der Waals surface area contributed by atoms with Crippen LogP contribution >= 0.6 is 0 Å². The Morgan fingerprint density at radius 1 is 1.11 bits per heavy atom. The maximum Gasteiger partial charge on any atom is 0.148 e. The van der Waals surface area contributed by atoms with Gasteiger partial charge in [0.05, 0.1) is 0 Å². The fourth-order valence-corrected chi connectivity index (χ4v) is 1.70. The van der Waals surface area contributed by atoms with Gasteiger partial charge in [-0.1, -0.05) is 48.2 Å². The zero-order valence-electron chi connectivity index (χ0n) is 10.9. The van der Waals surface area contributed by atoms with Gasteiger partial charge in [0, 0.05) is 5.56 Å². The molecule has 1 unspecified atom stereocenters. The van der Waals surface area contributed by atoms with Crippen molar-refractivity contribution in [2.45, 2.75) is 19.4 Å². The summed E-state index contributed by atoms with van der Waals surface area (Å²) in [5, 5.41) is 10.3. The van der Waals surface area contributed by atoms with Crippen LogP contribution in [0.15, 0.2) is 48.5 Å². The van der Waals surface area contributed by atoms with Crippen LogP contribution in [0.5, 0.6) is 0 Å². The van der Waals surface area contributed by atoms with Crippen molar-refractivity contribution >= 4 is 0 Å². The van der Waals surface area contributed by atoms with E-state index in [1.807, 2.05) is 30.3 Å². The van der Waals surface area contributed by atoms with Crippen molar-refractivity contribution in [1.82, 2.24) is 0 Å². The van der Waals surface area contributed by atoms with Gasteiger partial charge in [0.2, 0.25) is 0 Å². The number of aliphatic hydroxyl groups is 1. The summed E-state index contributed by atoms with van der Waals surface area (Å²) in [6.45, 7) is 3.33. The Morgan fingerprint density at radius 2 is 1.79 bits per heavy atom. The van der Waals surface area contributed by atoms with E-state index in [0.29, 0.717) is 11.1 Å². The summed E-state index contributed by atoms with van der Waals surface area (Å²) in [6, 6.07) is 14.0. The molecule has 2 rings (SSSR count). The third kappa shape index (κ3) is 3.21. The van der Waals surface area contributed by atoms with E-state index in [4.69, 9.17) is 0 Å². The molecule has 0 saturated heterocycles. The number of halogens is 1. The number of aryl methyl sites for hydroxylation is 1. The molecule has 1 N–H and O–H groups in total. The highest BCUT2D eigenvalue weighted by molar-refractivity contribution is 5.40. The summed E-state index contributed by atoms with van der Waals surface area (Å²) in [5.41, 5.74) is 0.609. The Morgan fingerprint density at radius 3 is 2.42 bits per heavy atom. The maximum absolute atomic E-state index is 13.4. The highest BCUT2D eigenvalue weighted by Crippen LogP contribution is 2.19. The molecule has 1 nitrogen and oxygen atoms in total. The lowest BCUT2D eigenvalue weighted by Gasteiger charge is -2.16. The quantitative estimate of drug-likeness (QED) is 0.773. The second-order valence-corrected chi connectivity index (χ2v) is 4.65. The molecule has 96 valence electrons. The molecule has 0 radical (unpaired) electrons. The molecule has 0 aliphatic carbocycles. The summed E-state index contributed by atoms with van der Waals surface area (Å²) in [7, 11) is 0. The van der Waals surface area contributed by atoms with Gasteiger partial charge in [-0.25, -0.2) is 4.39 Å². The molecule has 0 amide bonds. The smallest absolute Gasteiger partial charge is 0.148 e. The van der Waals surface area contributed by atoms with Crippen LogP contribution in [0, 0.1) is 24.6 Å². The Balaban J connectivity index is 2.30. The molecule has 0 bridgehead atoms. The highest BCUT2D eigenvalue weighted by atomic mass is 19.1. The van der Waals surface area contributed by atoms with Crippen LogP contribution in [0.1, 0.15) is 23.6 Å². The van der Waals surface area contributed by atoms with Crippen LogP contribution < -0.4 is 0 Å². The van der Waals surface area contributed by atoms with Gasteiger partial charge in [-0.05, 0) is 37.1 Å². The Labute approximate surface area is 112 Å². The SMILES string of the molecule is Cc1ccc(C#CC(C)(O)c2ccccc2)cc1F. The summed E-state index contributed by atoms with van der Waals surface area (Å²) in [5.74, 6) is 5.30. The van der Waals surface area contributed by atoms with E-state index in [1.54, 1.807) is 26.0 Å². The first kappa shape index (κ1) is 13.3. The van der Waals surface area contributed by atoms with E-state index >= 15 is 0 Å². The summed E-state index contributed by atoms with van der Waals surface area (Å²) < 4.78 is 13.4. The molecule has 0 aliphatic rings. The fourth-order valence-electron chi connectivity index (χ4n) is 1.70. The molecule has 0 spiro atoms. The molecule has 0 aromatic heterocycles. The van der Waals surface area contributed by atoms with Gasteiger partial charge in [0.15, 0.2) is 0 Å². The minimum atomic E-state index is -1.25. The number of benzene rings is 2. The predicted molar refractivity (Wildman–Crippen MR) is 74.0 cm³/mol. The van der Waals surface area contributed by atoms with E-state index in [9.17, 15) is 9.50 Å². The minimum Gasteiger partial charge on any atom is -0.374 e. The van der Waals surface area contributed by atoms with E-state index in [0.717, 1.165) is 5.56 Å². The number of hydrogen-bond donors (Lipinski definition) is 1. The van der Waals surface area contributed by atoms with Crippen molar-refractivity contribution in [2.75, 3.05) is 0 Å². The maximum atomic E-state index is 13.4. The van der Waals surface area contributed by atoms with Crippen molar-refractivity contribution in [3.05, 3.63) is 71.0 Å². The Bertz CT molecular complexity index is 633. The lowest BCUT2D eigenvalue weighted by atomic mass is 9.96. The second-order valence-electron chi connectivity index (χ2n) is 4.65. The topological polar surface area (TPSA) is 20.2 Å². The average molecular weight is 254 g/mol. The van der Waals surface area contributed by atoms with Gasteiger partial charge in [0.25, 0.3) is 0 Å². The lowest BCUT2D eigenvalue weighted by molar-refractivity contribution is 0.122. The fraction of sp³-hybridized carbons (Fsp3) is 0.176. The van der Waals surface area contributed by atoms with Gasteiger partial charge in [-0.15, -0.1) is 0 Å². The third-order valence-electron chi connectivity index (χ3n) is 2.96. The van der Waals surface area contributed by atoms with Crippen LogP contribution in [0.25, 0.3) is 0 Å². The minimum absolute atomic E-state index is 0.286. The van der Waals surface area contributed by atoms with E-state index in [2.05, 4.69) is 11.8 Å². The zero-order valence-corrected chi connectivity index (χ0v) is 10.9. The van der Waals surface area contributed by atoms with Crippen LogP contribution in [0.4, 0.5) is 4.39 Å². The highest BCUT2D eigenvalue weighted by Gasteiger charge is 2.19. The van der Waals surface area contributed by atoms with Crippen LogP contribution in [-0.4, -0.2) is 5.11 Å². The molecule has 1 atom stereocenters. The lowest BCUT2D eigenvalue weighted by Crippen LogP contribution is -2.18. The van der Waals surface area contributed by atoms with Crippen LogP contribution in [0.2, 0.25) is 0 Å². The normalized spacial score (nSPS) is 13.3. The molecule has 2 aromatic rings. The van der Waals surface area contributed by atoms with Gasteiger partial charge in [-0.2, -0.15) is 0 Å². The number of rotatable bonds is 1. The third-order valence-corrected chi connectivity index (χ3v) is 2.96. The van der Waals surface area contributed by atoms with Crippen molar-refractivity contribution in [3.8, 4) is 11.8 Å². The van der Waals surface area contributed by atoms with Gasteiger partial charge in [-0.3, -0.25) is 0 Å². The Hall–Kier alpha value is -2.11. The standard InChI is InChI=1S/C17H15FO/c1-13-8-9-14(12-16(13)18)10-11-17(2,19)15-6-4-3-5-7-15/h3-9,12,19H,1-2H3. The molecule has 2 aromatic carbocycles. The van der Waals surface area contributed by atoms with Gasteiger partial charge >= 0.3 is 0 Å². The average Bonchev–Trinajstić information content (AvgIpc) is 2.41. The molecule has 2 heteroatoms. The molecular formula is C17H15FO. The predicted octanol–water partition coefficient (Wildman–Crippen LogP) is 3.39. The molecule has 0 aliphatic heterocycles. The van der Waals surface area contributed by atoms with Crippen molar-refractivity contribution in [3.63, 3.8) is 0 Å². The van der Waals surface area contributed by atoms with Crippen molar-refractivity contribution in [1.29, 1.82) is 0 Å². The number of hydrogen-bond acceptors (Lipinski definition) is 1. The summed E-state index contributed by atoms with van der Waals surface area (Å²) >= 11 is 0. The molecule has 0 saturated carbocycles. The largest absolute Gasteiger partial charge is 0.374 e. The van der Waals surface area contributed by atoms with E-state index in [1.165, 1.54) is 6.07 Å². The van der Waals surface area contributed by atoms with Crippen LogP contribution in [0.3, 0.4) is 0 Å². The first-order chi connectivity index (χ1) is 8.99.